The maximum Gasteiger partial charge on any atom is 0.134 e. The Morgan fingerprint density at radius 3 is 2.53 bits per heavy atom. The van der Waals surface area contributed by atoms with Gasteiger partial charge in [-0.3, -0.25) is 0 Å². The first-order valence-electron chi connectivity index (χ1n) is 4.87. The third-order valence-corrected chi connectivity index (χ3v) is 2.10. The van der Waals surface area contributed by atoms with E-state index in [9.17, 15) is 0 Å². The van der Waals surface area contributed by atoms with Gasteiger partial charge in [0.05, 0.1) is 6.26 Å². The van der Waals surface area contributed by atoms with Crippen molar-refractivity contribution in [1.29, 1.82) is 0 Å². The van der Waals surface area contributed by atoms with E-state index in [1.807, 2.05) is 24.3 Å². The molecular formula is C14H12O. The van der Waals surface area contributed by atoms with Gasteiger partial charge in [-0.1, -0.05) is 29.8 Å². The van der Waals surface area contributed by atoms with Crippen LogP contribution in [0.25, 0.3) is 12.2 Å². The van der Waals surface area contributed by atoms with Crippen LogP contribution in [0.3, 0.4) is 0 Å². The molecule has 2 rings (SSSR count). The van der Waals surface area contributed by atoms with Gasteiger partial charge in [-0.05, 0) is 30.7 Å². The molecule has 0 unspecified atom stereocenters. The predicted octanol–water partition coefficient (Wildman–Crippen LogP) is 3.91. The molecule has 74 valence electrons. The molecule has 0 aliphatic heterocycles. The lowest BCUT2D eigenvalue weighted by Crippen LogP contribution is -1.71. The van der Waals surface area contributed by atoms with E-state index in [1.165, 1.54) is 5.56 Å². The molecule has 0 bridgehead atoms. The Morgan fingerprint density at radius 1 is 1.07 bits per heavy atom. The second-order valence-corrected chi connectivity index (χ2v) is 3.38. The largest absolute Gasteiger partial charge is 0.464 e. The van der Waals surface area contributed by atoms with Gasteiger partial charge in [0.15, 0.2) is 0 Å². The Kier molecular flexibility index (Phi) is 2.87. The molecule has 1 aromatic heterocycles. The van der Waals surface area contributed by atoms with Gasteiger partial charge in [-0.25, -0.2) is 0 Å². The van der Waals surface area contributed by atoms with E-state index < -0.39 is 0 Å². The Bertz CT molecular complexity index is 469. The molecule has 2 aromatic rings. The van der Waals surface area contributed by atoms with E-state index in [0.29, 0.717) is 0 Å². The lowest BCUT2D eigenvalue weighted by molar-refractivity contribution is 0.557. The SMILES string of the molecule is Cc1ccc(C=C=Cc2ccco2)cc1. The second-order valence-electron chi connectivity index (χ2n) is 3.38. The molecule has 1 heteroatoms. The van der Waals surface area contributed by atoms with E-state index in [2.05, 4.69) is 36.9 Å². The number of aryl methyl sites for hydroxylation is 1. The fourth-order valence-electron chi connectivity index (χ4n) is 1.26. The molecule has 1 aromatic carbocycles. The first-order chi connectivity index (χ1) is 7.34. The number of hydrogen-bond donors (Lipinski definition) is 0. The average molecular weight is 196 g/mol. The third-order valence-electron chi connectivity index (χ3n) is 2.10. The minimum Gasteiger partial charge on any atom is -0.464 e. The van der Waals surface area contributed by atoms with Gasteiger partial charge in [-0.2, -0.15) is 0 Å². The minimum atomic E-state index is 0.818. The summed E-state index contributed by atoms with van der Waals surface area (Å²) in [5.41, 5.74) is 5.49. The Hall–Kier alpha value is -1.98. The summed E-state index contributed by atoms with van der Waals surface area (Å²) in [6, 6.07) is 12.1. The monoisotopic (exact) mass is 196 g/mol. The van der Waals surface area contributed by atoms with Gasteiger partial charge in [0.1, 0.15) is 5.76 Å². The highest BCUT2D eigenvalue weighted by Gasteiger charge is 1.86. The van der Waals surface area contributed by atoms with E-state index in [4.69, 9.17) is 4.42 Å². The van der Waals surface area contributed by atoms with E-state index in [-0.39, 0.29) is 0 Å². The number of furan rings is 1. The summed E-state index contributed by atoms with van der Waals surface area (Å²) >= 11 is 0. The minimum absolute atomic E-state index is 0.818. The summed E-state index contributed by atoms with van der Waals surface area (Å²) in [5.74, 6) is 0.818. The van der Waals surface area contributed by atoms with Crippen molar-refractivity contribution in [2.45, 2.75) is 6.92 Å². The highest BCUT2D eigenvalue weighted by atomic mass is 16.3. The van der Waals surface area contributed by atoms with E-state index in [1.54, 1.807) is 6.26 Å². The maximum atomic E-state index is 5.15. The lowest BCUT2D eigenvalue weighted by Gasteiger charge is -1.91. The number of rotatable bonds is 2. The van der Waals surface area contributed by atoms with Crippen molar-refractivity contribution < 1.29 is 4.42 Å². The lowest BCUT2D eigenvalue weighted by atomic mass is 10.1. The maximum absolute atomic E-state index is 5.15. The molecule has 0 radical (unpaired) electrons. The summed E-state index contributed by atoms with van der Waals surface area (Å²) in [6.45, 7) is 2.08. The highest BCUT2D eigenvalue weighted by molar-refractivity contribution is 5.55. The van der Waals surface area contributed by atoms with E-state index in [0.717, 1.165) is 11.3 Å². The summed E-state index contributed by atoms with van der Waals surface area (Å²) in [7, 11) is 0. The Balaban J connectivity index is 2.15. The van der Waals surface area contributed by atoms with Crippen molar-refractivity contribution in [2.75, 3.05) is 0 Å². The summed E-state index contributed by atoms with van der Waals surface area (Å²) < 4.78 is 5.15. The van der Waals surface area contributed by atoms with Crippen LogP contribution in [0.15, 0.2) is 52.8 Å². The first-order valence-corrected chi connectivity index (χ1v) is 4.87. The standard InChI is InChI=1S/C14H12O/c1-12-7-9-13(10-8-12)4-2-5-14-6-3-11-15-14/h3-11H,1H3. The predicted molar refractivity (Wildman–Crippen MR) is 62.3 cm³/mol. The van der Waals surface area contributed by atoms with Crippen molar-refractivity contribution in [3.63, 3.8) is 0 Å². The molecule has 0 spiro atoms. The van der Waals surface area contributed by atoms with Crippen LogP contribution in [0.1, 0.15) is 16.9 Å². The molecule has 0 N–H and O–H groups in total. The average Bonchev–Trinajstić information content (AvgIpc) is 2.74. The van der Waals surface area contributed by atoms with Gasteiger partial charge in [-0.15, -0.1) is 5.73 Å². The van der Waals surface area contributed by atoms with Crippen LogP contribution in [-0.2, 0) is 0 Å². The van der Waals surface area contributed by atoms with Gasteiger partial charge < -0.3 is 4.42 Å². The normalized spacial score (nSPS) is 9.40. The number of benzene rings is 1. The third kappa shape index (κ3) is 2.73. The zero-order valence-corrected chi connectivity index (χ0v) is 8.60. The van der Waals surface area contributed by atoms with Crippen LogP contribution in [0.4, 0.5) is 0 Å². The summed E-state index contributed by atoms with van der Waals surface area (Å²) in [5, 5.41) is 0. The van der Waals surface area contributed by atoms with Gasteiger partial charge in [0.2, 0.25) is 0 Å². The molecule has 0 aliphatic carbocycles. The molecule has 0 saturated carbocycles. The second kappa shape index (κ2) is 4.50. The fraction of sp³-hybridized carbons (Fsp3) is 0.0714. The Morgan fingerprint density at radius 2 is 1.87 bits per heavy atom. The molecule has 0 amide bonds. The van der Waals surface area contributed by atoms with Gasteiger partial charge >= 0.3 is 0 Å². The quantitative estimate of drug-likeness (QED) is 0.663. The molecule has 0 saturated heterocycles. The molecule has 1 nitrogen and oxygen atoms in total. The summed E-state index contributed by atoms with van der Waals surface area (Å²) in [6.07, 6.45) is 5.40. The van der Waals surface area contributed by atoms with Crippen molar-refractivity contribution in [3.8, 4) is 0 Å². The highest BCUT2D eigenvalue weighted by Crippen LogP contribution is 2.05. The van der Waals surface area contributed by atoms with Crippen molar-refractivity contribution in [3.05, 3.63) is 65.3 Å². The van der Waals surface area contributed by atoms with Gasteiger partial charge in [0, 0.05) is 6.08 Å². The topological polar surface area (TPSA) is 13.1 Å². The van der Waals surface area contributed by atoms with Crippen LogP contribution < -0.4 is 0 Å². The zero-order chi connectivity index (χ0) is 10.5. The van der Waals surface area contributed by atoms with Crippen LogP contribution in [-0.4, -0.2) is 0 Å². The zero-order valence-electron chi connectivity index (χ0n) is 8.60. The fourth-order valence-corrected chi connectivity index (χ4v) is 1.26. The van der Waals surface area contributed by atoms with Crippen LogP contribution >= 0.6 is 0 Å². The van der Waals surface area contributed by atoms with Crippen LogP contribution in [0.5, 0.6) is 0 Å². The van der Waals surface area contributed by atoms with Crippen molar-refractivity contribution >= 4 is 12.2 Å². The van der Waals surface area contributed by atoms with Gasteiger partial charge in [0.25, 0.3) is 0 Å². The molecular weight excluding hydrogens is 184 g/mol. The molecule has 1 heterocycles. The Labute approximate surface area is 89.4 Å². The molecule has 0 atom stereocenters. The number of hydrogen-bond acceptors (Lipinski definition) is 1. The first kappa shape index (κ1) is 9.57. The van der Waals surface area contributed by atoms with Crippen molar-refractivity contribution in [2.24, 2.45) is 0 Å². The van der Waals surface area contributed by atoms with Crippen LogP contribution in [0, 0.1) is 6.92 Å². The molecule has 15 heavy (non-hydrogen) atoms. The molecule has 0 aliphatic rings. The van der Waals surface area contributed by atoms with Crippen molar-refractivity contribution in [1.82, 2.24) is 0 Å². The van der Waals surface area contributed by atoms with E-state index >= 15 is 0 Å². The summed E-state index contributed by atoms with van der Waals surface area (Å²) in [4.78, 5) is 0. The molecule has 0 fully saturated rings. The smallest absolute Gasteiger partial charge is 0.134 e. The van der Waals surface area contributed by atoms with Crippen LogP contribution in [0.2, 0.25) is 0 Å².